The number of benzene rings is 3. The molecule has 6 heteroatoms. The van der Waals surface area contributed by atoms with E-state index in [9.17, 15) is 4.79 Å². The second kappa shape index (κ2) is 8.35. The molecule has 0 saturated carbocycles. The predicted molar refractivity (Wildman–Crippen MR) is 123 cm³/mol. The van der Waals surface area contributed by atoms with Crippen LogP contribution in [-0.2, 0) is 4.79 Å². The highest BCUT2D eigenvalue weighted by Crippen LogP contribution is 2.29. The quantitative estimate of drug-likeness (QED) is 0.366. The molecule has 0 bridgehead atoms. The van der Waals surface area contributed by atoms with E-state index in [2.05, 4.69) is 26.2 Å². The van der Waals surface area contributed by atoms with Gasteiger partial charge in [0.1, 0.15) is 5.75 Å². The molecule has 1 amide bonds. The molecule has 1 atom stereocenters. The Morgan fingerprint density at radius 2 is 1.90 bits per heavy atom. The fourth-order valence-corrected chi connectivity index (χ4v) is 4.24. The number of carbonyl (C=O) groups is 1. The number of nitrogens with zero attached hydrogens (tertiary/aromatic N) is 1. The minimum Gasteiger partial charge on any atom is -0.497 e. The van der Waals surface area contributed by atoms with Crippen molar-refractivity contribution in [3.63, 3.8) is 0 Å². The Kier molecular flexibility index (Phi) is 5.65. The summed E-state index contributed by atoms with van der Waals surface area (Å²) in [5.41, 5.74) is 2.82. The van der Waals surface area contributed by atoms with Crippen LogP contribution in [0.25, 0.3) is 22.0 Å². The highest BCUT2D eigenvalue weighted by molar-refractivity contribution is 9.10. The Bertz CT molecular complexity index is 1190. The van der Waals surface area contributed by atoms with Gasteiger partial charge in [-0.05, 0) is 47.5 Å². The molecule has 4 nitrogen and oxygen atoms in total. The first-order chi connectivity index (χ1) is 14.0. The lowest BCUT2D eigenvalue weighted by Gasteiger charge is -2.12. The summed E-state index contributed by atoms with van der Waals surface area (Å²) < 4.78 is 6.27. The monoisotopic (exact) mass is 466 g/mol. The number of hydrogen-bond donors (Lipinski definition) is 1. The van der Waals surface area contributed by atoms with Crippen molar-refractivity contribution in [2.75, 3.05) is 12.4 Å². The zero-order valence-corrected chi connectivity index (χ0v) is 18.4. The van der Waals surface area contributed by atoms with Crippen LogP contribution >= 0.6 is 27.3 Å². The molecule has 3 aromatic carbocycles. The van der Waals surface area contributed by atoms with Gasteiger partial charge >= 0.3 is 0 Å². The molecule has 4 aromatic rings. The van der Waals surface area contributed by atoms with Crippen LogP contribution in [-0.4, -0.2) is 18.0 Å². The van der Waals surface area contributed by atoms with Crippen LogP contribution in [0.2, 0.25) is 0 Å². The van der Waals surface area contributed by atoms with Crippen molar-refractivity contribution >= 4 is 49.1 Å². The normalized spacial score (nSPS) is 12.0. The zero-order valence-electron chi connectivity index (χ0n) is 16.0. The number of thiazole rings is 1. The summed E-state index contributed by atoms with van der Waals surface area (Å²) in [5.74, 6) is 0.453. The molecule has 0 aliphatic rings. The first kappa shape index (κ1) is 19.6. The number of anilines is 1. The van der Waals surface area contributed by atoms with Crippen molar-refractivity contribution in [1.29, 1.82) is 0 Å². The highest BCUT2D eigenvalue weighted by Gasteiger charge is 2.17. The SMILES string of the molecule is COc1ccc2cc(C(C)C(=O)Nc3nc(-c4cccc(Br)c4)cs3)ccc2c1. The summed E-state index contributed by atoms with van der Waals surface area (Å²) >= 11 is 4.90. The molecule has 146 valence electrons. The molecule has 0 aliphatic carbocycles. The van der Waals surface area contributed by atoms with Gasteiger partial charge in [0, 0.05) is 15.4 Å². The van der Waals surface area contributed by atoms with E-state index < -0.39 is 0 Å². The molecule has 4 rings (SSSR count). The van der Waals surface area contributed by atoms with Crippen molar-refractivity contribution in [2.45, 2.75) is 12.8 Å². The maximum Gasteiger partial charge on any atom is 0.233 e. The number of nitrogens with one attached hydrogen (secondary N) is 1. The maximum absolute atomic E-state index is 12.8. The first-order valence-electron chi connectivity index (χ1n) is 9.13. The molecule has 1 unspecified atom stereocenters. The first-order valence-corrected chi connectivity index (χ1v) is 10.8. The third kappa shape index (κ3) is 4.33. The molecule has 1 aromatic heterocycles. The number of fused-ring (bicyclic) bond motifs is 1. The van der Waals surface area contributed by atoms with Crippen LogP contribution in [0.4, 0.5) is 5.13 Å². The topological polar surface area (TPSA) is 51.2 Å². The van der Waals surface area contributed by atoms with Crippen LogP contribution in [0.3, 0.4) is 0 Å². The number of rotatable bonds is 5. The van der Waals surface area contributed by atoms with Crippen molar-refractivity contribution in [3.05, 3.63) is 76.1 Å². The molecular weight excluding hydrogens is 448 g/mol. The van der Waals surface area contributed by atoms with E-state index in [1.807, 2.05) is 73.0 Å². The highest BCUT2D eigenvalue weighted by atomic mass is 79.9. The minimum atomic E-state index is -0.292. The van der Waals surface area contributed by atoms with Gasteiger partial charge in [0.2, 0.25) is 5.91 Å². The predicted octanol–water partition coefficient (Wildman–Crippen LogP) is 6.48. The van der Waals surface area contributed by atoms with Gasteiger partial charge in [-0.25, -0.2) is 4.98 Å². The summed E-state index contributed by atoms with van der Waals surface area (Å²) in [4.78, 5) is 17.3. The minimum absolute atomic E-state index is 0.0759. The van der Waals surface area contributed by atoms with E-state index >= 15 is 0 Å². The zero-order chi connectivity index (χ0) is 20.4. The fraction of sp³-hybridized carbons (Fsp3) is 0.130. The number of halogens is 1. The maximum atomic E-state index is 12.8. The summed E-state index contributed by atoms with van der Waals surface area (Å²) in [6, 6.07) is 19.9. The lowest BCUT2D eigenvalue weighted by Crippen LogP contribution is -2.18. The molecular formula is C23H19BrN2O2S. The molecule has 0 saturated heterocycles. The average molecular weight is 467 g/mol. The van der Waals surface area contributed by atoms with Crippen molar-refractivity contribution in [3.8, 4) is 17.0 Å². The molecule has 0 radical (unpaired) electrons. The molecule has 29 heavy (non-hydrogen) atoms. The van der Waals surface area contributed by atoms with Crippen LogP contribution in [0, 0.1) is 0 Å². The molecule has 0 aliphatic heterocycles. The van der Waals surface area contributed by atoms with E-state index in [-0.39, 0.29) is 11.8 Å². The van der Waals surface area contributed by atoms with E-state index in [0.717, 1.165) is 37.8 Å². The van der Waals surface area contributed by atoms with E-state index in [1.54, 1.807) is 7.11 Å². The molecule has 1 N–H and O–H groups in total. The summed E-state index contributed by atoms with van der Waals surface area (Å²) in [5, 5.41) is 7.66. The number of hydrogen-bond acceptors (Lipinski definition) is 4. The van der Waals surface area contributed by atoms with Crippen LogP contribution < -0.4 is 10.1 Å². The second-order valence-electron chi connectivity index (χ2n) is 6.73. The van der Waals surface area contributed by atoms with Crippen molar-refractivity contribution in [2.24, 2.45) is 0 Å². The summed E-state index contributed by atoms with van der Waals surface area (Å²) in [6.07, 6.45) is 0. The van der Waals surface area contributed by atoms with Crippen molar-refractivity contribution in [1.82, 2.24) is 4.98 Å². The van der Waals surface area contributed by atoms with Gasteiger partial charge in [-0.2, -0.15) is 0 Å². The van der Waals surface area contributed by atoms with Gasteiger partial charge in [-0.1, -0.05) is 52.3 Å². The summed E-state index contributed by atoms with van der Waals surface area (Å²) in [6.45, 7) is 1.91. The van der Waals surface area contributed by atoms with E-state index in [1.165, 1.54) is 11.3 Å². The second-order valence-corrected chi connectivity index (χ2v) is 8.51. The molecule has 0 spiro atoms. The summed E-state index contributed by atoms with van der Waals surface area (Å²) in [7, 11) is 1.66. The van der Waals surface area contributed by atoms with Gasteiger partial charge < -0.3 is 10.1 Å². The number of carbonyl (C=O) groups excluding carboxylic acids is 1. The lowest BCUT2D eigenvalue weighted by molar-refractivity contribution is -0.117. The molecule has 1 heterocycles. The third-order valence-corrected chi connectivity index (χ3v) is 6.07. The van der Waals surface area contributed by atoms with E-state index in [0.29, 0.717) is 5.13 Å². The Labute approximate surface area is 181 Å². The van der Waals surface area contributed by atoms with Crippen LogP contribution in [0.5, 0.6) is 5.75 Å². The van der Waals surface area contributed by atoms with Crippen LogP contribution in [0.1, 0.15) is 18.4 Å². The third-order valence-electron chi connectivity index (χ3n) is 4.82. The largest absolute Gasteiger partial charge is 0.497 e. The smallest absolute Gasteiger partial charge is 0.233 e. The Balaban J connectivity index is 1.50. The van der Waals surface area contributed by atoms with Gasteiger partial charge in [0.05, 0.1) is 18.7 Å². The number of amides is 1. The van der Waals surface area contributed by atoms with E-state index in [4.69, 9.17) is 4.74 Å². The fourth-order valence-electron chi connectivity index (χ4n) is 3.12. The standard InChI is InChI=1S/C23H19BrN2O2S/c1-14(15-6-7-17-12-20(28-2)9-8-16(17)10-15)22(27)26-23-25-21(13-29-23)18-4-3-5-19(24)11-18/h3-14H,1-2H3,(H,25,26,27). The number of methoxy groups -OCH3 is 1. The Morgan fingerprint density at radius 1 is 1.10 bits per heavy atom. The molecule has 0 fully saturated rings. The van der Waals surface area contributed by atoms with Crippen molar-refractivity contribution < 1.29 is 9.53 Å². The lowest BCUT2D eigenvalue weighted by atomic mass is 9.97. The van der Waals surface area contributed by atoms with Gasteiger partial charge in [0.15, 0.2) is 5.13 Å². The Morgan fingerprint density at radius 3 is 2.69 bits per heavy atom. The number of aromatic nitrogens is 1. The van der Waals surface area contributed by atoms with Crippen LogP contribution in [0.15, 0.2) is 70.5 Å². The number of ether oxygens (including phenoxy) is 1. The average Bonchev–Trinajstić information content (AvgIpc) is 3.21. The van der Waals surface area contributed by atoms with Gasteiger partial charge in [-0.3, -0.25) is 4.79 Å². The Hall–Kier alpha value is -2.70. The van der Waals surface area contributed by atoms with Gasteiger partial charge in [0.25, 0.3) is 0 Å². The van der Waals surface area contributed by atoms with Gasteiger partial charge in [-0.15, -0.1) is 11.3 Å².